The van der Waals surface area contributed by atoms with E-state index in [-0.39, 0.29) is 5.91 Å². The molecule has 0 radical (unpaired) electrons. The number of aldehydes is 1. The van der Waals surface area contributed by atoms with Crippen LogP contribution in [0.5, 0.6) is 0 Å². The zero-order valence-electron chi connectivity index (χ0n) is 9.28. The first-order valence-corrected chi connectivity index (χ1v) is 5.85. The van der Waals surface area contributed by atoms with E-state index in [0.717, 1.165) is 18.5 Å². The maximum absolute atomic E-state index is 11.2. The molecule has 1 heterocycles. The Hall–Kier alpha value is -1.55. The van der Waals surface area contributed by atoms with Crippen LogP contribution in [0.1, 0.15) is 16.8 Å². The van der Waals surface area contributed by atoms with Crippen LogP contribution >= 0.6 is 11.6 Å². The molecule has 1 aliphatic heterocycles. The van der Waals surface area contributed by atoms with Crippen LogP contribution in [0.2, 0.25) is 5.02 Å². The summed E-state index contributed by atoms with van der Waals surface area (Å²) in [5, 5.41) is 3.35. The Morgan fingerprint density at radius 2 is 2.18 bits per heavy atom. The Balaban J connectivity index is 2.21. The van der Waals surface area contributed by atoms with Crippen molar-refractivity contribution < 1.29 is 9.59 Å². The molecule has 1 N–H and O–H groups in total. The molecule has 4 nitrogen and oxygen atoms in total. The van der Waals surface area contributed by atoms with Crippen molar-refractivity contribution in [3.63, 3.8) is 0 Å². The highest BCUT2D eigenvalue weighted by Gasteiger charge is 2.15. The third-order valence-corrected chi connectivity index (χ3v) is 3.06. The predicted molar refractivity (Wildman–Crippen MR) is 66.7 cm³/mol. The van der Waals surface area contributed by atoms with E-state index >= 15 is 0 Å². The summed E-state index contributed by atoms with van der Waals surface area (Å²) in [7, 11) is 0. The molecule has 1 fully saturated rings. The molecule has 1 saturated heterocycles. The third kappa shape index (κ3) is 2.77. The van der Waals surface area contributed by atoms with E-state index in [1.807, 2.05) is 6.07 Å². The first-order chi connectivity index (χ1) is 8.20. The van der Waals surface area contributed by atoms with Gasteiger partial charge in [-0.25, -0.2) is 0 Å². The van der Waals surface area contributed by atoms with Gasteiger partial charge in [0.15, 0.2) is 0 Å². The Morgan fingerprint density at radius 3 is 2.88 bits per heavy atom. The van der Waals surface area contributed by atoms with Gasteiger partial charge < -0.3 is 10.2 Å². The van der Waals surface area contributed by atoms with Crippen LogP contribution < -0.4 is 10.2 Å². The van der Waals surface area contributed by atoms with Gasteiger partial charge in [-0.15, -0.1) is 0 Å². The number of benzene rings is 1. The lowest BCUT2D eigenvalue weighted by Crippen LogP contribution is -2.28. The number of carbonyl (C=O) groups is 2. The summed E-state index contributed by atoms with van der Waals surface area (Å²) in [6.07, 6.45) is 1.23. The quantitative estimate of drug-likeness (QED) is 0.811. The number of amides is 1. The lowest BCUT2D eigenvalue weighted by atomic mass is 10.2. The Kier molecular flexibility index (Phi) is 3.64. The van der Waals surface area contributed by atoms with Crippen molar-refractivity contribution in [3.8, 4) is 0 Å². The normalized spacial score (nSPS) is 16.3. The molecule has 0 saturated carbocycles. The summed E-state index contributed by atoms with van der Waals surface area (Å²) >= 11 is 6.13. The lowest BCUT2D eigenvalue weighted by Gasteiger charge is -2.23. The van der Waals surface area contributed by atoms with E-state index in [9.17, 15) is 9.59 Å². The summed E-state index contributed by atoms with van der Waals surface area (Å²) in [5.41, 5.74) is 1.43. The molecule has 17 heavy (non-hydrogen) atoms. The highest BCUT2D eigenvalue weighted by atomic mass is 35.5. The van der Waals surface area contributed by atoms with Crippen LogP contribution in [0.25, 0.3) is 0 Å². The molecule has 0 bridgehead atoms. The van der Waals surface area contributed by atoms with Gasteiger partial charge in [0.2, 0.25) is 5.91 Å². The number of halogens is 1. The van der Waals surface area contributed by atoms with Crippen molar-refractivity contribution >= 4 is 29.5 Å². The van der Waals surface area contributed by atoms with Crippen molar-refractivity contribution in [2.24, 2.45) is 0 Å². The molecule has 1 amide bonds. The summed E-state index contributed by atoms with van der Waals surface area (Å²) in [6.45, 7) is 1.99. The summed E-state index contributed by atoms with van der Waals surface area (Å²) in [4.78, 5) is 23.9. The fraction of sp³-hybridized carbons (Fsp3) is 0.333. The van der Waals surface area contributed by atoms with Crippen molar-refractivity contribution in [2.75, 3.05) is 24.5 Å². The molecular formula is C12H13ClN2O2. The number of nitrogens with zero attached hydrogens (tertiary/aromatic N) is 1. The molecule has 0 aromatic heterocycles. The second-order valence-electron chi connectivity index (χ2n) is 3.92. The van der Waals surface area contributed by atoms with Crippen LogP contribution in [0.15, 0.2) is 18.2 Å². The number of nitrogens with one attached hydrogen (secondary N) is 1. The minimum atomic E-state index is 0.0631. The van der Waals surface area contributed by atoms with Crippen LogP contribution in [-0.4, -0.2) is 31.8 Å². The maximum Gasteiger partial charge on any atom is 0.221 e. The molecule has 1 aromatic rings. The smallest absolute Gasteiger partial charge is 0.221 e. The minimum absolute atomic E-state index is 0.0631. The zero-order chi connectivity index (χ0) is 12.3. The van der Waals surface area contributed by atoms with Crippen LogP contribution in [0.3, 0.4) is 0 Å². The van der Waals surface area contributed by atoms with Crippen molar-refractivity contribution in [1.29, 1.82) is 0 Å². The molecule has 90 valence electrons. The Morgan fingerprint density at radius 1 is 1.35 bits per heavy atom. The van der Waals surface area contributed by atoms with Crippen LogP contribution in [-0.2, 0) is 4.79 Å². The van der Waals surface area contributed by atoms with E-state index in [1.54, 1.807) is 12.1 Å². The molecule has 0 atom stereocenters. The minimum Gasteiger partial charge on any atom is -0.368 e. The zero-order valence-corrected chi connectivity index (χ0v) is 10.0. The summed E-state index contributed by atoms with van der Waals surface area (Å²) < 4.78 is 0. The van der Waals surface area contributed by atoms with Gasteiger partial charge in [0, 0.05) is 31.6 Å². The van der Waals surface area contributed by atoms with E-state index < -0.39 is 0 Å². The molecule has 1 aliphatic rings. The molecule has 0 aliphatic carbocycles. The van der Waals surface area contributed by atoms with Gasteiger partial charge in [-0.2, -0.15) is 0 Å². The van der Waals surface area contributed by atoms with E-state index in [4.69, 9.17) is 11.6 Å². The Bertz CT molecular complexity index is 448. The molecule has 0 spiro atoms. The first-order valence-electron chi connectivity index (χ1n) is 5.47. The number of anilines is 1. The monoisotopic (exact) mass is 252 g/mol. The molecule has 2 rings (SSSR count). The van der Waals surface area contributed by atoms with E-state index in [0.29, 0.717) is 30.1 Å². The van der Waals surface area contributed by atoms with Gasteiger partial charge in [0.05, 0.1) is 10.7 Å². The standard InChI is InChI=1S/C12H13ClN2O2/c13-10-7-9(8-16)1-2-11(10)15-5-3-12(17)14-4-6-15/h1-2,7-8H,3-6H2,(H,14,17). The Labute approximate surface area is 105 Å². The van der Waals surface area contributed by atoms with Gasteiger partial charge in [-0.05, 0) is 18.2 Å². The number of rotatable bonds is 2. The third-order valence-electron chi connectivity index (χ3n) is 2.76. The lowest BCUT2D eigenvalue weighted by molar-refractivity contribution is -0.120. The maximum atomic E-state index is 11.2. The number of carbonyl (C=O) groups excluding carboxylic acids is 2. The number of hydrogen-bond donors (Lipinski definition) is 1. The first kappa shape index (κ1) is 11.9. The average Bonchev–Trinajstić information content (AvgIpc) is 2.54. The van der Waals surface area contributed by atoms with Gasteiger partial charge in [-0.1, -0.05) is 11.6 Å². The van der Waals surface area contributed by atoms with E-state index in [2.05, 4.69) is 10.2 Å². The van der Waals surface area contributed by atoms with Crippen molar-refractivity contribution in [2.45, 2.75) is 6.42 Å². The van der Waals surface area contributed by atoms with Gasteiger partial charge in [0.25, 0.3) is 0 Å². The predicted octanol–water partition coefficient (Wildman–Crippen LogP) is 1.48. The van der Waals surface area contributed by atoms with Crippen LogP contribution in [0, 0.1) is 0 Å². The second kappa shape index (κ2) is 5.19. The highest BCUT2D eigenvalue weighted by molar-refractivity contribution is 6.33. The molecule has 5 heteroatoms. The fourth-order valence-electron chi connectivity index (χ4n) is 1.86. The van der Waals surface area contributed by atoms with E-state index in [1.165, 1.54) is 0 Å². The molecule has 1 aromatic carbocycles. The second-order valence-corrected chi connectivity index (χ2v) is 4.32. The molecule has 0 unspecified atom stereocenters. The SMILES string of the molecule is O=Cc1ccc(N2CCNC(=O)CC2)c(Cl)c1. The number of hydrogen-bond acceptors (Lipinski definition) is 3. The highest BCUT2D eigenvalue weighted by Crippen LogP contribution is 2.26. The summed E-state index contributed by atoms with van der Waals surface area (Å²) in [5.74, 6) is 0.0631. The van der Waals surface area contributed by atoms with Gasteiger partial charge in [0.1, 0.15) is 6.29 Å². The van der Waals surface area contributed by atoms with Crippen molar-refractivity contribution in [1.82, 2.24) is 5.32 Å². The molecular weight excluding hydrogens is 240 g/mol. The topological polar surface area (TPSA) is 49.4 Å². The van der Waals surface area contributed by atoms with Gasteiger partial charge >= 0.3 is 0 Å². The van der Waals surface area contributed by atoms with Gasteiger partial charge in [-0.3, -0.25) is 9.59 Å². The fourth-order valence-corrected chi connectivity index (χ4v) is 2.17. The summed E-state index contributed by atoms with van der Waals surface area (Å²) in [6, 6.07) is 5.19. The van der Waals surface area contributed by atoms with Crippen LogP contribution in [0.4, 0.5) is 5.69 Å². The average molecular weight is 253 g/mol. The largest absolute Gasteiger partial charge is 0.368 e. The van der Waals surface area contributed by atoms with Crippen molar-refractivity contribution in [3.05, 3.63) is 28.8 Å².